The Morgan fingerprint density at radius 2 is 2.21 bits per heavy atom. The molecular formula is C10H9BrN2O. The molecule has 1 saturated heterocycles. The number of rotatable bonds is 1. The van der Waals surface area contributed by atoms with Gasteiger partial charge < -0.3 is 10.0 Å². The van der Waals surface area contributed by atoms with Crippen LogP contribution in [0.5, 0.6) is 0 Å². The van der Waals surface area contributed by atoms with Gasteiger partial charge in [-0.1, -0.05) is 0 Å². The number of hydrogen-bond donors (Lipinski definition) is 1. The smallest absolute Gasteiger partial charge is 0.0992 e. The Labute approximate surface area is 90.7 Å². The molecule has 0 saturated carbocycles. The van der Waals surface area contributed by atoms with Gasteiger partial charge in [0.05, 0.1) is 23.4 Å². The molecule has 0 amide bonds. The van der Waals surface area contributed by atoms with Crippen LogP contribution in [-0.2, 0) is 0 Å². The first kappa shape index (κ1) is 9.50. The first-order valence-corrected chi connectivity index (χ1v) is 5.12. The van der Waals surface area contributed by atoms with Gasteiger partial charge in [0.15, 0.2) is 0 Å². The van der Waals surface area contributed by atoms with Crippen molar-refractivity contribution < 1.29 is 5.11 Å². The van der Waals surface area contributed by atoms with Crippen molar-refractivity contribution in [3.8, 4) is 6.07 Å². The third-order valence-corrected chi connectivity index (χ3v) is 2.91. The van der Waals surface area contributed by atoms with E-state index in [2.05, 4.69) is 26.9 Å². The molecule has 1 aliphatic rings. The molecule has 2 rings (SSSR count). The molecule has 1 aliphatic heterocycles. The van der Waals surface area contributed by atoms with Crippen LogP contribution in [0.15, 0.2) is 22.7 Å². The van der Waals surface area contributed by atoms with Gasteiger partial charge in [0.2, 0.25) is 0 Å². The molecule has 0 unspecified atom stereocenters. The number of aliphatic hydroxyl groups is 1. The monoisotopic (exact) mass is 252 g/mol. The van der Waals surface area contributed by atoms with E-state index in [1.807, 2.05) is 6.07 Å². The summed E-state index contributed by atoms with van der Waals surface area (Å²) in [5, 5.41) is 17.8. The standard InChI is InChI=1S/C10H9BrN2O/c11-9-3-7(4-12)1-2-10(9)13-5-8(14)6-13/h1-3,8,14H,5-6H2. The van der Waals surface area contributed by atoms with Crippen molar-refractivity contribution >= 4 is 21.6 Å². The molecule has 0 atom stereocenters. The van der Waals surface area contributed by atoms with E-state index in [-0.39, 0.29) is 6.10 Å². The Balaban J connectivity index is 2.24. The van der Waals surface area contributed by atoms with E-state index in [1.165, 1.54) is 0 Å². The molecule has 1 fully saturated rings. The number of nitriles is 1. The number of benzene rings is 1. The second-order valence-corrected chi connectivity index (χ2v) is 4.19. The van der Waals surface area contributed by atoms with Gasteiger partial charge >= 0.3 is 0 Å². The molecule has 1 aromatic rings. The average Bonchev–Trinajstić information content (AvgIpc) is 2.13. The van der Waals surface area contributed by atoms with E-state index in [9.17, 15) is 0 Å². The second-order valence-electron chi connectivity index (χ2n) is 3.34. The lowest BCUT2D eigenvalue weighted by Crippen LogP contribution is -2.50. The predicted octanol–water partition coefficient (Wildman–Crippen LogP) is 1.50. The van der Waals surface area contributed by atoms with Gasteiger partial charge in [0, 0.05) is 17.6 Å². The van der Waals surface area contributed by atoms with E-state index >= 15 is 0 Å². The fraction of sp³-hybridized carbons (Fsp3) is 0.300. The van der Waals surface area contributed by atoms with Crippen LogP contribution in [0.1, 0.15) is 5.56 Å². The van der Waals surface area contributed by atoms with Crippen molar-refractivity contribution in [3.63, 3.8) is 0 Å². The van der Waals surface area contributed by atoms with Gasteiger partial charge in [-0.25, -0.2) is 0 Å². The van der Waals surface area contributed by atoms with Crippen LogP contribution >= 0.6 is 15.9 Å². The highest BCUT2D eigenvalue weighted by molar-refractivity contribution is 9.10. The minimum absolute atomic E-state index is 0.211. The van der Waals surface area contributed by atoms with Crippen molar-refractivity contribution in [1.82, 2.24) is 0 Å². The molecule has 1 N–H and O–H groups in total. The van der Waals surface area contributed by atoms with Crippen molar-refractivity contribution in [2.24, 2.45) is 0 Å². The molecule has 72 valence electrons. The Morgan fingerprint density at radius 1 is 1.50 bits per heavy atom. The van der Waals surface area contributed by atoms with Crippen LogP contribution in [-0.4, -0.2) is 24.3 Å². The summed E-state index contributed by atoms with van der Waals surface area (Å²) in [4.78, 5) is 2.07. The molecule has 4 heteroatoms. The highest BCUT2D eigenvalue weighted by atomic mass is 79.9. The highest BCUT2D eigenvalue weighted by Crippen LogP contribution is 2.30. The summed E-state index contributed by atoms with van der Waals surface area (Å²) in [6.07, 6.45) is -0.211. The van der Waals surface area contributed by atoms with Crippen LogP contribution in [0.4, 0.5) is 5.69 Å². The average molecular weight is 253 g/mol. The predicted molar refractivity (Wildman–Crippen MR) is 57.1 cm³/mol. The molecule has 14 heavy (non-hydrogen) atoms. The molecular weight excluding hydrogens is 244 g/mol. The van der Waals surface area contributed by atoms with E-state index in [1.54, 1.807) is 12.1 Å². The zero-order valence-electron chi connectivity index (χ0n) is 7.44. The van der Waals surface area contributed by atoms with Gasteiger partial charge in [0.1, 0.15) is 0 Å². The molecule has 0 spiro atoms. The van der Waals surface area contributed by atoms with Crippen molar-refractivity contribution in [2.75, 3.05) is 18.0 Å². The fourth-order valence-electron chi connectivity index (χ4n) is 1.48. The van der Waals surface area contributed by atoms with Crippen molar-refractivity contribution in [1.29, 1.82) is 5.26 Å². The Kier molecular flexibility index (Phi) is 2.44. The van der Waals surface area contributed by atoms with E-state index in [0.29, 0.717) is 18.7 Å². The van der Waals surface area contributed by atoms with Gasteiger partial charge in [-0.05, 0) is 34.1 Å². The maximum Gasteiger partial charge on any atom is 0.0992 e. The lowest BCUT2D eigenvalue weighted by Gasteiger charge is -2.38. The third kappa shape index (κ3) is 1.61. The van der Waals surface area contributed by atoms with Crippen molar-refractivity contribution in [2.45, 2.75) is 6.10 Å². The molecule has 1 aromatic carbocycles. The topological polar surface area (TPSA) is 47.3 Å². The zero-order chi connectivity index (χ0) is 10.1. The van der Waals surface area contributed by atoms with Gasteiger partial charge in [-0.3, -0.25) is 0 Å². The third-order valence-electron chi connectivity index (χ3n) is 2.28. The minimum atomic E-state index is -0.211. The quantitative estimate of drug-likeness (QED) is 0.825. The molecule has 0 radical (unpaired) electrons. The molecule has 0 aliphatic carbocycles. The maximum absolute atomic E-state index is 9.16. The van der Waals surface area contributed by atoms with Crippen LogP contribution < -0.4 is 4.90 Å². The summed E-state index contributed by atoms with van der Waals surface area (Å²) in [5.74, 6) is 0. The van der Waals surface area contributed by atoms with Crippen LogP contribution in [0, 0.1) is 11.3 Å². The van der Waals surface area contributed by atoms with Gasteiger partial charge in [0.25, 0.3) is 0 Å². The summed E-state index contributed by atoms with van der Waals surface area (Å²) in [7, 11) is 0. The lowest BCUT2D eigenvalue weighted by atomic mass is 10.1. The Bertz CT molecular complexity index is 394. The van der Waals surface area contributed by atoms with Crippen LogP contribution in [0.25, 0.3) is 0 Å². The number of halogens is 1. The summed E-state index contributed by atoms with van der Waals surface area (Å²) in [6.45, 7) is 1.34. The molecule has 0 bridgehead atoms. The summed E-state index contributed by atoms with van der Waals surface area (Å²) in [5.41, 5.74) is 1.68. The van der Waals surface area contributed by atoms with Crippen LogP contribution in [0.2, 0.25) is 0 Å². The first-order valence-electron chi connectivity index (χ1n) is 4.33. The zero-order valence-corrected chi connectivity index (χ0v) is 9.03. The lowest BCUT2D eigenvalue weighted by molar-refractivity contribution is 0.142. The normalized spacial score (nSPS) is 16.2. The number of anilines is 1. The van der Waals surface area contributed by atoms with E-state index in [4.69, 9.17) is 10.4 Å². The fourth-order valence-corrected chi connectivity index (χ4v) is 2.11. The maximum atomic E-state index is 9.16. The van der Waals surface area contributed by atoms with Crippen molar-refractivity contribution in [3.05, 3.63) is 28.2 Å². The second kappa shape index (κ2) is 3.60. The van der Waals surface area contributed by atoms with Gasteiger partial charge in [-0.15, -0.1) is 0 Å². The number of β-amino-alcohol motifs (C(OH)–C–C–N with tert-alkyl or cyclic N) is 1. The molecule has 1 heterocycles. The highest BCUT2D eigenvalue weighted by Gasteiger charge is 2.25. The first-order chi connectivity index (χ1) is 6.70. The minimum Gasteiger partial charge on any atom is -0.389 e. The molecule has 3 nitrogen and oxygen atoms in total. The van der Waals surface area contributed by atoms with E-state index in [0.717, 1.165) is 10.2 Å². The Hall–Kier alpha value is -1.05. The van der Waals surface area contributed by atoms with E-state index < -0.39 is 0 Å². The summed E-state index contributed by atoms with van der Waals surface area (Å²) in [6, 6.07) is 7.55. The number of nitrogens with zero attached hydrogens (tertiary/aromatic N) is 2. The van der Waals surface area contributed by atoms with Gasteiger partial charge in [-0.2, -0.15) is 5.26 Å². The summed E-state index contributed by atoms with van der Waals surface area (Å²) < 4.78 is 0.906. The largest absolute Gasteiger partial charge is 0.389 e. The summed E-state index contributed by atoms with van der Waals surface area (Å²) >= 11 is 3.41. The Morgan fingerprint density at radius 3 is 2.71 bits per heavy atom. The SMILES string of the molecule is N#Cc1ccc(N2CC(O)C2)c(Br)c1. The number of aliphatic hydroxyl groups excluding tert-OH is 1. The van der Waals surface area contributed by atoms with Crippen LogP contribution in [0.3, 0.4) is 0 Å². The molecule has 0 aromatic heterocycles. The number of hydrogen-bond acceptors (Lipinski definition) is 3.